The van der Waals surface area contributed by atoms with Gasteiger partial charge in [0.1, 0.15) is 5.82 Å². The lowest BCUT2D eigenvalue weighted by molar-refractivity contribution is 0.00578. The lowest BCUT2D eigenvalue weighted by atomic mass is 9.73. The van der Waals surface area contributed by atoms with Crippen molar-refractivity contribution < 1.29 is 13.7 Å². The molecular formula is C17H28BFO2. The van der Waals surface area contributed by atoms with E-state index in [4.69, 9.17) is 9.31 Å². The quantitative estimate of drug-likeness (QED) is 0.758. The van der Waals surface area contributed by atoms with Gasteiger partial charge in [-0.2, -0.15) is 0 Å². The maximum absolute atomic E-state index is 14.0. The van der Waals surface area contributed by atoms with E-state index in [1.165, 1.54) is 6.07 Å². The molecule has 1 fully saturated rings. The summed E-state index contributed by atoms with van der Waals surface area (Å²) >= 11 is 0. The average Bonchev–Trinajstić information content (AvgIpc) is 2.60. The first kappa shape index (κ1) is 18.2. The van der Waals surface area contributed by atoms with Crippen molar-refractivity contribution >= 4 is 12.6 Å². The lowest BCUT2D eigenvalue weighted by Crippen LogP contribution is -2.41. The summed E-state index contributed by atoms with van der Waals surface area (Å²) in [6, 6.07) is 5.09. The van der Waals surface area contributed by atoms with Crippen molar-refractivity contribution in [2.24, 2.45) is 0 Å². The highest BCUT2D eigenvalue weighted by Crippen LogP contribution is 2.37. The van der Waals surface area contributed by atoms with Crippen LogP contribution in [-0.2, 0) is 9.31 Å². The summed E-state index contributed by atoms with van der Waals surface area (Å²) in [6.07, 6.45) is 0. The molecule has 1 aliphatic heterocycles. The maximum atomic E-state index is 14.0. The molecule has 0 radical (unpaired) electrons. The second kappa shape index (κ2) is 6.49. The van der Waals surface area contributed by atoms with E-state index in [1.807, 2.05) is 61.5 Å². The molecule has 0 unspecified atom stereocenters. The zero-order valence-electron chi connectivity index (χ0n) is 14.6. The smallest absolute Gasteiger partial charge is 0.399 e. The Morgan fingerprint density at radius 3 is 1.90 bits per heavy atom. The first-order chi connectivity index (χ1) is 9.66. The van der Waals surface area contributed by atoms with Gasteiger partial charge in [-0.1, -0.05) is 39.8 Å². The minimum absolute atomic E-state index is 0.0928. The van der Waals surface area contributed by atoms with E-state index in [-0.39, 0.29) is 11.7 Å². The molecular weight excluding hydrogens is 266 g/mol. The normalized spacial score (nSPS) is 19.4. The Labute approximate surface area is 129 Å². The maximum Gasteiger partial charge on any atom is 0.495 e. The van der Waals surface area contributed by atoms with E-state index in [0.717, 1.165) is 5.46 Å². The molecule has 0 aliphatic carbocycles. The minimum Gasteiger partial charge on any atom is -0.399 e. The third-order valence-corrected chi connectivity index (χ3v) is 4.17. The molecule has 1 aromatic carbocycles. The van der Waals surface area contributed by atoms with E-state index in [9.17, 15) is 4.39 Å². The van der Waals surface area contributed by atoms with Crippen molar-refractivity contribution in [2.75, 3.05) is 0 Å². The largest absolute Gasteiger partial charge is 0.495 e. The molecule has 0 bridgehead atoms. The summed E-state index contributed by atoms with van der Waals surface area (Å²) in [5, 5.41) is 0. The molecule has 2 nitrogen and oxygen atoms in total. The van der Waals surface area contributed by atoms with Crippen molar-refractivity contribution in [1.29, 1.82) is 0 Å². The summed E-state index contributed by atoms with van der Waals surface area (Å²) in [6.45, 7) is 16.0. The van der Waals surface area contributed by atoms with Crippen molar-refractivity contribution in [3.05, 3.63) is 29.6 Å². The van der Waals surface area contributed by atoms with Gasteiger partial charge in [-0.25, -0.2) is 4.39 Å². The van der Waals surface area contributed by atoms with E-state index in [2.05, 4.69) is 0 Å². The summed E-state index contributed by atoms with van der Waals surface area (Å²) in [5.41, 5.74) is 0.672. The Morgan fingerprint density at radius 1 is 1.00 bits per heavy atom. The van der Waals surface area contributed by atoms with Crippen LogP contribution in [0.3, 0.4) is 0 Å². The highest BCUT2D eigenvalue weighted by atomic mass is 19.1. The molecule has 118 valence electrons. The number of hydrogen-bond acceptors (Lipinski definition) is 2. The summed E-state index contributed by atoms with van der Waals surface area (Å²) < 4.78 is 26.0. The molecule has 1 aromatic rings. The van der Waals surface area contributed by atoms with Crippen LogP contribution in [0, 0.1) is 5.82 Å². The highest BCUT2D eigenvalue weighted by molar-refractivity contribution is 6.62. The first-order valence-electron chi connectivity index (χ1n) is 7.79. The van der Waals surface area contributed by atoms with Crippen LogP contribution in [0.4, 0.5) is 4.39 Å². The summed E-state index contributed by atoms with van der Waals surface area (Å²) in [7, 11) is -0.502. The first-order valence-corrected chi connectivity index (χ1v) is 7.79. The van der Waals surface area contributed by atoms with Crippen LogP contribution < -0.4 is 5.46 Å². The molecule has 1 saturated heterocycles. The van der Waals surface area contributed by atoms with Gasteiger partial charge in [-0.15, -0.1) is 0 Å². The number of halogens is 1. The van der Waals surface area contributed by atoms with Crippen LogP contribution in [0.15, 0.2) is 18.2 Å². The van der Waals surface area contributed by atoms with Crippen LogP contribution in [0.25, 0.3) is 0 Å². The Morgan fingerprint density at radius 2 is 1.48 bits per heavy atom. The van der Waals surface area contributed by atoms with Crippen molar-refractivity contribution in [3.8, 4) is 0 Å². The van der Waals surface area contributed by atoms with Crippen LogP contribution in [0.1, 0.15) is 66.9 Å². The van der Waals surface area contributed by atoms with Gasteiger partial charge in [0.25, 0.3) is 0 Å². The van der Waals surface area contributed by atoms with E-state index < -0.39 is 18.3 Å². The summed E-state index contributed by atoms with van der Waals surface area (Å²) in [4.78, 5) is 0. The molecule has 0 saturated carbocycles. The Balaban J connectivity index is 0.00000106. The molecule has 2 rings (SSSR count). The second-order valence-electron chi connectivity index (χ2n) is 6.49. The standard InChI is InChI=1S/C15H22BFO2.C2H6/c1-10(2)13-11(8-7-9-12(13)17)16-18-14(3,4)15(5,6)19-16;1-2/h7-10H,1-6H3;1-2H3. The van der Waals surface area contributed by atoms with Gasteiger partial charge in [0.05, 0.1) is 11.2 Å². The van der Waals surface area contributed by atoms with Gasteiger partial charge in [0.15, 0.2) is 0 Å². The Bertz CT molecular complexity index is 468. The Hall–Kier alpha value is -0.865. The number of rotatable bonds is 2. The SMILES string of the molecule is CC.CC(C)c1c(F)cccc1B1OC(C)(C)C(C)(C)O1. The van der Waals surface area contributed by atoms with Gasteiger partial charge < -0.3 is 9.31 Å². The lowest BCUT2D eigenvalue weighted by Gasteiger charge is -2.32. The van der Waals surface area contributed by atoms with Crippen LogP contribution in [0.5, 0.6) is 0 Å². The number of benzene rings is 1. The molecule has 1 aliphatic rings. The van der Waals surface area contributed by atoms with Crippen molar-refractivity contribution in [2.45, 2.75) is 72.5 Å². The predicted molar refractivity (Wildman–Crippen MR) is 87.6 cm³/mol. The predicted octanol–water partition coefficient (Wildman–Crippen LogP) is 4.27. The fourth-order valence-electron chi connectivity index (χ4n) is 2.34. The van der Waals surface area contributed by atoms with Gasteiger partial charge in [0.2, 0.25) is 0 Å². The fourth-order valence-corrected chi connectivity index (χ4v) is 2.34. The molecule has 0 aromatic heterocycles. The van der Waals surface area contributed by atoms with E-state index in [1.54, 1.807) is 6.07 Å². The summed E-state index contributed by atoms with van der Waals surface area (Å²) in [5.74, 6) is -0.0996. The minimum atomic E-state index is -0.502. The van der Waals surface area contributed by atoms with Crippen LogP contribution in [0.2, 0.25) is 0 Å². The molecule has 0 atom stereocenters. The monoisotopic (exact) mass is 294 g/mol. The molecule has 0 amide bonds. The molecule has 0 N–H and O–H groups in total. The second-order valence-corrected chi connectivity index (χ2v) is 6.49. The van der Waals surface area contributed by atoms with Gasteiger partial charge in [-0.3, -0.25) is 0 Å². The average molecular weight is 294 g/mol. The molecule has 4 heteroatoms. The third-order valence-electron chi connectivity index (χ3n) is 4.17. The van der Waals surface area contributed by atoms with E-state index in [0.29, 0.717) is 5.56 Å². The number of hydrogen-bond donors (Lipinski definition) is 0. The van der Waals surface area contributed by atoms with Gasteiger partial charge >= 0.3 is 7.12 Å². The van der Waals surface area contributed by atoms with Crippen LogP contribution in [-0.4, -0.2) is 18.3 Å². The highest BCUT2D eigenvalue weighted by Gasteiger charge is 2.52. The zero-order chi connectivity index (χ0) is 16.4. The van der Waals surface area contributed by atoms with Gasteiger partial charge in [0, 0.05) is 0 Å². The molecule has 1 heterocycles. The van der Waals surface area contributed by atoms with Gasteiger partial charge in [-0.05, 0) is 50.7 Å². The zero-order valence-corrected chi connectivity index (χ0v) is 14.6. The Kier molecular flexibility index (Phi) is 5.62. The molecule has 0 spiro atoms. The van der Waals surface area contributed by atoms with Crippen LogP contribution >= 0.6 is 0 Å². The topological polar surface area (TPSA) is 18.5 Å². The van der Waals surface area contributed by atoms with Crippen molar-refractivity contribution in [3.63, 3.8) is 0 Å². The molecule has 21 heavy (non-hydrogen) atoms. The third kappa shape index (κ3) is 3.49. The fraction of sp³-hybridized carbons (Fsp3) is 0.647. The van der Waals surface area contributed by atoms with E-state index >= 15 is 0 Å². The van der Waals surface area contributed by atoms with Crippen molar-refractivity contribution in [1.82, 2.24) is 0 Å².